The van der Waals surface area contributed by atoms with Gasteiger partial charge in [0.25, 0.3) is 0 Å². The maximum Gasteiger partial charge on any atom is 0.125 e. The maximum absolute atomic E-state index is 13.9. The third-order valence-corrected chi connectivity index (χ3v) is 3.84. The van der Waals surface area contributed by atoms with Crippen LogP contribution in [0.3, 0.4) is 0 Å². The third-order valence-electron chi connectivity index (χ3n) is 3.84. The van der Waals surface area contributed by atoms with Crippen molar-refractivity contribution in [3.8, 4) is 0 Å². The number of halogens is 2. The summed E-state index contributed by atoms with van der Waals surface area (Å²) >= 11 is 0. The van der Waals surface area contributed by atoms with Crippen LogP contribution in [0.4, 0.5) is 14.5 Å². The minimum absolute atomic E-state index is 0.267. The van der Waals surface area contributed by atoms with Gasteiger partial charge in [0.05, 0.1) is 12.0 Å². The maximum atomic E-state index is 13.9. The monoisotopic (exact) mass is 316 g/mol. The van der Waals surface area contributed by atoms with Gasteiger partial charge >= 0.3 is 0 Å². The van der Waals surface area contributed by atoms with Gasteiger partial charge in [-0.2, -0.15) is 0 Å². The van der Waals surface area contributed by atoms with E-state index in [2.05, 4.69) is 4.99 Å². The van der Waals surface area contributed by atoms with Crippen LogP contribution in [0.25, 0.3) is 0 Å². The van der Waals surface area contributed by atoms with E-state index in [0.29, 0.717) is 12.1 Å². The summed E-state index contributed by atoms with van der Waals surface area (Å²) in [5, 5.41) is 0. The minimum atomic E-state index is -0.329. The predicted octanol–water partition coefficient (Wildman–Crippen LogP) is 4.78. The Bertz CT molecular complexity index is 703. The molecule has 23 heavy (non-hydrogen) atoms. The Balaban J connectivity index is 2.35. The molecule has 2 aromatic rings. The SMILES string of the molecule is CCN(C)C=Nc1cc(F)cc(Cc2cc(C)cc(F)c2)c1C. The second kappa shape index (κ2) is 7.36. The molecule has 2 nitrogen and oxygen atoms in total. The Labute approximate surface area is 136 Å². The fraction of sp³-hybridized carbons (Fsp3) is 0.316. The van der Waals surface area contributed by atoms with Gasteiger partial charge < -0.3 is 4.90 Å². The molecule has 0 aromatic heterocycles. The van der Waals surface area contributed by atoms with E-state index < -0.39 is 0 Å². The van der Waals surface area contributed by atoms with Crippen molar-refractivity contribution < 1.29 is 8.78 Å². The molecule has 0 N–H and O–H groups in total. The van der Waals surface area contributed by atoms with Gasteiger partial charge in [0.2, 0.25) is 0 Å². The van der Waals surface area contributed by atoms with Crippen molar-refractivity contribution in [2.45, 2.75) is 27.2 Å². The minimum Gasteiger partial charge on any atom is -0.366 e. The molecule has 0 bridgehead atoms. The lowest BCUT2D eigenvalue weighted by atomic mass is 9.98. The van der Waals surface area contributed by atoms with Crippen molar-refractivity contribution in [1.29, 1.82) is 0 Å². The molecule has 0 saturated carbocycles. The van der Waals surface area contributed by atoms with Crippen molar-refractivity contribution in [2.75, 3.05) is 13.6 Å². The van der Waals surface area contributed by atoms with Gasteiger partial charge in [0.1, 0.15) is 11.6 Å². The van der Waals surface area contributed by atoms with E-state index in [9.17, 15) is 8.78 Å². The summed E-state index contributed by atoms with van der Waals surface area (Å²) in [7, 11) is 1.91. The van der Waals surface area contributed by atoms with Gasteiger partial charge in [-0.3, -0.25) is 0 Å². The molecule has 0 aliphatic carbocycles. The van der Waals surface area contributed by atoms with Gasteiger partial charge in [0.15, 0.2) is 0 Å². The lowest BCUT2D eigenvalue weighted by Crippen LogP contribution is -2.14. The number of hydrogen-bond acceptors (Lipinski definition) is 1. The summed E-state index contributed by atoms with van der Waals surface area (Å²) in [5.41, 5.74) is 4.03. The van der Waals surface area contributed by atoms with Gasteiger partial charge in [-0.05, 0) is 73.7 Å². The normalized spacial score (nSPS) is 11.2. The predicted molar refractivity (Wildman–Crippen MR) is 91.5 cm³/mol. The molecule has 0 spiro atoms. The van der Waals surface area contributed by atoms with Gasteiger partial charge in [-0.1, -0.05) is 6.07 Å². The molecule has 0 radical (unpaired) electrons. The summed E-state index contributed by atoms with van der Waals surface area (Å²) in [6, 6.07) is 7.82. The highest BCUT2D eigenvalue weighted by Crippen LogP contribution is 2.26. The number of hydrogen-bond donors (Lipinski definition) is 0. The molecular weight excluding hydrogens is 294 g/mol. The van der Waals surface area contributed by atoms with Gasteiger partial charge in [-0.15, -0.1) is 0 Å². The van der Waals surface area contributed by atoms with Crippen LogP contribution >= 0.6 is 0 Å². The van der Waals surface area contributed by atoms with Crippen LogP contribution in [0.1, 0.15) is 29.2 Å². The zero-order chi connectivity index (χ0) is 17.0. The molecule has 0 aliphatic heterocycles. The number of aliphatic imine (C=N–C) groups is 1. The molecule has 0 heterocycles. The zero-order valence-corrected chi connectivity index (χ0v) is 14.0. The first-order chi connectivity index (χ1) is 10.9. The first kappa shape index (κ1) is 17.1. The first-order valence-corrected chi connectivity index (χ1v) is 7.68. The van der Waals surface area contributed by atoms with Crippen molar-refractivity contribution >= 4 is 12.0 Å². The van der Waals surface area contributed by atoms with E-state index in [1.807, 2.05) is 38.8 Å². The fourth-order valence-electron chi connectivity index (χ4n) is 2.41. The molecule has 0 atom stereocenters. The van der Waals surface area contributed by atoms with E-state index >= 15 is 0 Å². The number of nitrogens with zero attached hydrogens (tertiary/aromatic N) is 2. The molecule has 0 aliphatic rings. The van der Waals surface area contributed by atoms with E-state index in [1.54, 1.807) is 6.34 Å². The second-order valence-electron chi connectivity index (χ2n) is 5.84. The smallest absolute Gasteiger partial charge is 0.125 e. The van der Waals surface area contributed by atoms with E-state index in [-0.39, 0.29) is 11.6 Å². The fourth-order valence-corrected chi connectivity index (χ4v) is 2.41. The molecule has 0 fully saturated rings. The van der Waals surface area contributed by atoms with Crippen LogP contribution in [0.5, 0.6) is 0 Å². The number of aryl methyl sites for hydroxylation is 1. The topological polar surface area (TPSA) is 15.6 Å². The molecule has 2 aromatic carbocycles. The second-order valence-corrected chi connectivity index (χ2v) is 5.84. The van der Waals surface area contributed by atoms with Crippen molar-refractivity contribution in [1.82, 2.24) is 4.90 Å². The average Bonchev–Trinajstić information content (AvgIpc) is 2.47. The van der Waals surface area contributed by atoms with E-state index in [0.717, 1.165) is 28.8 Å². The summed E-state index contributed by atoms with van der Waals surface area (Å²) in [6.45, 7) is 6.61. The van der Waals surface area contributed by atoms with Crippen molar-refractivity contribution in [2.24, 2.45) is 4.99 Å². The Hall–Kier alpha value is -2.23. The molecule has 122 valence electrons. The molecule has 4 heteroatoms. The molecule has 2 rings (SSSR count). The van der Waals surface area contributed by atoms with E-state index in [4.69, 9.17) is 0 Å². The quantitative estimate of drug-likeness (QED) is 0.572. The Kier molecular flexibility index (Phi) is 5.48. The molecule has 0 saturated heterocycles. The van der Waals surface area contributed by atoms with Crippen LogP contribution in [-0.4, -0.2) is 24.8 Å². The van der Waals surface area contributed by atoms with Crippen LogP contribution in [0.2, 0.25) is 0 Å². The number of benzene rings is 2. The summed E-state index contributed by atoms with van der Waals surface area (Å²) in [6.07, 6.45) is 2.17. The van der Waals surface area contributed by atoms with Crippen molar-refractivity contribution in [3.63, 3.8) is 0 Å². The molecule has 0 unspecified atom stereocenters. The Morgan fingerprint density at radius 1 is 1.04 bits per heavy atom. The third kappa shape index (κ3) is 4.62. The highest BCUT2D eigenvalue weighted by atomic mass is 19.1. The summed E-state index contributed by atoms with van der Waals surface area (Å²) in [5.74, 6) is -0.595. The zero-order valence-electron chi connectivity index (χ0n) is 14.0. The molecule has 0 amide bonds. The van der Waals surface area contributed by atoms with Crippen LogP contribution < -0.4 is 0 Å². The van der Waals surface area contributed by atoms with Crippen molar-refractivity contribution in [3.05, 3.63) is 64.2 Å². The Morgan fingerprint density at radius 3 is 2.39 bits per heavy atom. The lowest BCUT2D eigenvalue weighted by molar-refractivity contribution is 0.552. The number of rotatable bonds is 5. The van der Waals surface area contributed by atoms with Gasteiger partial charge in [-0.25, -0.2) is 13.8 Å². The van der Waals surface area contributed by atoms with Crippen LogP contribution in [0, 0.1) is 25.5 Å². The largest absolute Gasteiger partial charge is 0.366 e. The average molecular weight is 316 g/mol. The Morgan fingerprint density at radius 2 is 1.74 bits per heavy atom. The first-order valence-electron chi connectivity index (χ1n) is 7.68. The van der Waals surface area contributed by atoms with E-state index in [1.165, 1.54) is 24.3 Å². The highest BCUT2D eigenvalue weighted by Gasteiger charge is 2.09. The molecular formula is C19H22F2N2. The van der Waals surface area contributed by atoms with Crippen LogP contribution in [0.15, 0.2) is 35.3 Å². The highest BCUT2D eigenvalue weighted by molar-refractivity contribution is 5.64. The standard InChI is InChI=1S/C19H22F2N2/c1-5-23(4)12-22-19-11-18(21)10-16(14(19)3)8-15-6-13(2)7-17(20)9-15/h6-7,9-12H,5,8H2,1-4H3. The summed E-state index contributed by atoms with van der Waals surface area (Å²) < 4.78 is 27.4. The summed E-state index contributed by atoms with van der Waals surface area (Å²) in [4.78, 5) is 6.28. The van der Waals surface area contributed by atoms with Gasteiger partial charge in [0, 0.05) is 13.6 Å². The van der Waals surface area contributed by atoms with Crippen LogP contribution in [-0.2, 0) is 6.42 Å². The lowest BCUT2D eigenvalue weighted by Gasteiger charge is -2.12.